The third-order valence-corrected chi connectivity index (χ3v) is 3.85. The number of hydrogen-bond acceptors (Lipinski definition) is 5. The fraction of sp³-hybridized carbons (Fsp3) is 0.357. The van der Waals surface area contributed by atoms with Gasteiger partial charge in [0.1, 0.15) is 6.10 Å². The van der Waals surface area contributed by atoms with Crippen LogP contribution in [0.3, 0.4) is 0 Å². The molecule has 1 fully saturated rings. The Morgan fingerprint density at radius 3 is 2.71 bits per heavy atom. The Kier molecular flexibility index (Phi) is 3.13. The third-order valence-electron chi connectivity index (χ3n) is 3.85. The van der Waals surface area contributed by atoms with E-state index in [1.807, 2.05) is 13.2 Å². The number of aryl methyl sites for hydroxylation is 1. The summed E-state index contributed by atoms with van der Waals surface area (Å²) in [5, 5.41) is 14.8. The molecule has 7 nitrogen and oxygen atoms in total. The first-order valence-electron chi connectivity index (χ1n) is 6.62. The summed E-state index contributed by atoms with van der Waals surface area (Å²) in [6, 6.07) is 3.20. The lowest BCUT2D eigenvalue weighted by atomic mass is 9.90. The fourth-order valence-electron chi connectivity index (χ4n) is 2.55. The molecule has 1 aliphatic carbocycles. The number of aliphatic hydroxyl groups excluding tert-OH is 1. The van der Waals surface area contributed by atoms with E-state index in [1.165, 1.54) is 6.20 Å². The van der Waals surface area contributed by atoms with E-state index in [0.29, 0.717) is 5.69 Å². The first kappa shape index (κ1) is 13.6. The van der Waals surface area contributed by atoms with Crippen LogP contribution in [0.4, 0.5) is 4.79 Å². The molecule has 1 saturated carbocycles. The van der Waals surface area contributed by atoms with Crippen molar-refractivity contribution in [1.82, 2.24) is 14.8 Å². The highest BCUT2D eigenvalue weighted by molar-refractivity contribution is 5.67. The van der Waals surface area contributed by atoms with E-state index in [4.69, 9.17) is 10.5 Å². The number of primary amides is 1. The van der Waals surface area contributed by atoms with Crippen LogP contribution < -0.4 is 10.5 Å². The van der Waals surface area contributed by atoms with Crippen molar-refractivity contribution < 1.29 is 14.6 Å². The number of nitrogens with zero attached hydrogens (tertiary/aromatic N) is 3. The standard InChI is InChI=1S/C14H16N4O3/c1-18-8-9(6-17-18)14(4-5-14)12(19)11-3-2-10(7-16-11)21-13(15)20/h2-3,6-8,12,19H,4-5H2,1H3,(H2,15,20). The number of carbonyl (C=O) groups is 1. The third kappa shape index (κ3) is 2.47. The zero-order valence-corrected chi connectivity index (χ0v) is 11.6. The highest BCUT2D eigenvalue weighted by Gasteiger charge is 2.52. The normalized spacial score (nSPS) is 17.2. The van der Waals surface area contributed by atoms with Crippen LogP contribution in [0.15, 0.2) is 30.7 Å². The second kappa shape index (κ2) is 4.85. The molecule has 3 N–H and O–H groups in total. The van der Waals surface area contributed by atoms with Gasteiger partial charge in [0, 0.05) is 18.7 Å². The number of ether oxygens (including phenoxy) is 1. The van der Waals surface area contributed by atoms with E-state index in [-0.39, 0.29) is 11.2 Å². The molecule has 7 heteroatoms. The maximum Gasteiger partial charge on any atom is 0.410 e. The van der Waals surface area contributed by atoms with Crippen molar-refractivity contribution in [2.75, 3.05) is 0 Å². The van der Waals surface area contributed by atoms with Gasteiger partial charge in [0.15, 0.2) is 5.75 Å². The highest BCUT2D eigenvalue weighted by atomic mass is 16.5. The first-order valence-corrected chi connectivity index (χ1v) is 6.62. The fourth-order valence-corrected chi connectivity index (χ4v) is 2.55. The van der Waals surface area contributed by atoms with Crippen molar-refractivity contribution in [3.05, 3.63) is 42.0 Å². The number of rotatable bonds is 4. The average Bonchev–Trinajstić information content (AvgIpc) is 3.15. The maximum atomic E-state index is 10.7. The van der Waals surface area contributed by atoms with Gasteiger partial charge in [-0.2, -0.15) is 5.10 Å². The van der Waals surface area contributed by atoms with Crippen molar-refractivity contribution >= 4 is 6.09 Å². The Balaban J connectivity index is 1.82. The molecule has 2 aromatic rings. The quantitative estimate of drug-likeness (QED) is 0.874. The summed E-state index contributed by atoms with van der Waals surface area (Å²) >= 11 is 0. The zero-order chi connectivity index (χ0) is 15.0. The van der Waals surface area contributed by atoms with E-state index in [9.17, 15) is 9.90 Å². The predicted molar refractivity (Wildman–Crippen MR) is 73.5 cm³/mol. The van der Waals surface area contributed by atoms with E-state index in [1.54, 1.807) is 23.0 Å². The van der Waals surface area contributed by atoms with Crippen molar-refractivity contribution in [2.45, 2.75) is 24.4 Å². The number of carbonyl (C=O) groups excluding carboxylic acids is 1. The van der Waals surface area contributed by atoms with Crippen LogP contribution in [0.25, 0.3) is 0 Å². The highest BCUT2D eigenvalue weighted by Crippen LogP contribution is 2.56. The van der Waals surface area contributed by atoms with Gasteiger partial charge in [0.25, 0.3) is 0 Å². The SMILES string of the molecule is Cn1cc(C2(C(O)c3ccc(OC(N)=O)cn3)CC2)cn1. The molecule has 2 aromatic heterocycles. The van der Waals surface area contributed by atoms with Crippen LogP contribution in [-0.4, -0.2) is 26.0 Å². The lowest BCUT2D eigenvalue weighted by Crippen LogP contribution is -2.19. The molecular weight excluding hydrogens is 272 g/mol. The summed E-state index contributed by atoms with van der Waals surface area (Å²) in [6.07, 6.45) is 5.25. The number of nitrogens with two attached hydrogens (primary N) is 1. The van der Waals surface area contributed by atoms with Crippen LogP contribution >= 0.6 is 0 Å². The van der Waals surface area contributed by atoms with Crippen molar-refractivity contribution in [1.29, 1.82) is 0 Å². The van der Waals surface area contributed by atoms with Crippen LogP contribution in [0.1, 0.15) is 30.2 Å². The summed E-state index contributed by atoms with van der Waals surface area (Å²) < 4.78 is 6.44. The van der Waals surface area contributed by atoms with Crippen molar-refractivity contribution in [3.8, 4) is 5.75 Å². The minimum Gasteiger partial charge on any atom is -0.409 e. The van der Waals surface area contributed by atoms with Gasteiger partial charge in [-0.1, -0.05) is 0 Å². The second-order valence-corrected chi connectivity index (χ2v) is 5.30. The Morgan fingerprint density at radius 1 is 1.48 bits per heavy atom. The Hall–Kier alpha value is -2.41. The minimum absolute atomic E-state index is 0.254. The molecule has 1 unspecified atom stereocenters. The van der Waals surface area contributed by atoms with Gasteiger partial charge in [0.05, 0.1) is 18.1 Å². The summed E-state index contributed by atoms with van der Waals surface area (Å²) in [7, 11) is 1.85. The number of aliphatic hydroxyl groups is 1. The lowest BCUT2D eigenvalue weighted by molar-refractivity contribution is 0.128. The van der Waals surface area contributed by atoms with Gasteiger partial charge in [-0.25, -0.2) is 4.79 Å². The molecule has 0 saturated heterocycles. The van der Waals surface area contributed by atoms with Gasteiger partial charge in [-0.3, -0.25) is 9.67 Å². The molecule has 1 aliphatic rings. The van der Waals surface area contributed by atoms with Gasteiger partial charge < -0.3 is 15.6 Å². The van der Waals surface area contributed by atoms with Crippen molar-refractivity contribution in [2.24, 2.45) is 12.8 Å². The number of amides is 1. The van der Waals surface area contributed by atoms with E-state index < -0.39 is 12.2 Å². The molecule has 0 spiro atoms. The Bertz CT molecular complexity index is 661. The molecule has 0 radical (unpaired) electrons. The number of hydrogen-bond donors (Lipinski definition) is 2. The zero-order valence-electron chi connectivity index (χ0n) is 11.6. The van der Waals surface area contributed by atoms with Crippen molar-refractivity contribution in [3.63, 3.8) is 0 Å². The Labute approximate surface area is 121 Å². The van der Waals surface area contributed by atoms with E-state index >= 15 is 0 Å². The number of pyridine rings is 1. The van der Waals surface area contributed by atoms with Crippen LogP contribution in [0.5, 0.6) is 5.75 Å². The molecule has 2 heterocycles. The molecule has 1 amide bonds. The monoisotopic (exact) mass is 288 g/mol. The van der Waals surface area contributed by atoms with Crippen LogP contribution in [0, 0.1) is 0 Å². The Morgan fingerprint density at radius 2 is 2.24 bits per heavy atom. The second-order valence-electron chi connectivity index (χ2n) is 5.30. The van der Waals surface area contributed by atoms with Gasteiger partial charge in [-0.05, 0) is 30.5 Å². The summed E-state index contributed by atoms with van der Waals surface area (Å²) in [5.74, 6) is 0.254. The molecule has 0 aromatic carbocycles. The molecular formula is C14H16N4O3. The molecule has 1 atom stereocenters. The van der Waals surface area contributed by atoms with E-state index in [2.05, 4.69) is 10.1 Å². The lowest BCUT2D eigenvalue weighted by Gasteiger charge is -2.20. The van der Waals surface area contributed by atoms with Gasteiger partial charge >= 0.3 is 6.09 Å². The van der Waals surface area contributed by atoms with Crippen LogP contribution in [0.2, 0.25) is 0 Å². The average molecular weight is 288 g/mol. The maximum absolute atomic E-state index is 10.7. The van der Waals surface area contributed by atoms with Crippen LogP contribution in [-0.2, 0) is 12.5 Å². The van der Waals surface area contributed by atoms with Gasteiger partial charge in [0.2, 0.25) is 0 Å². The van der Waals surface area contributed by atoms with E-state index in [0.717, 1.165) is 18.4 Å². The molecule has 0 aliphatic heterocycles. The largest absolute Gasteiger partial charge is 0.410 e. The smallest absolute Gasteiger partial charge is 0.409 e. The molecule has 0 bridgehead atoms. The topological polar surface area (TPSA) is 103 Å². The minimum atomic E-state index is -0.890. The van der Waals surface area contributed by atoms with Gasteiger partial charge in [-0.15, -0.1) is 0 Å². The molecule has 3 rings (SSSR count). The summed E-state index contributed by atoms with van der Waals surface area (Å²) in [5.41, 5.74) is 6.17. The number of aromatic nitrogens is 3. The molecule has 110 valence electrons. The predicted octanol–water partition coefficient (Wildman–Crippen LogP) is 1.04. The summed E-state index contributed by atoms with van der Waals surface area (Å²) in [4.78, 5) is 14.8. The first-order chi connectivity index (χ1) is 10.0. The molecule has 21 heavy (non-hydrogen) atoms. The summed E-state index contributed by atoms with van der Waals surface area (Å²) in [6.45, 7) is 0.